The average Bonchev–Trinajstić information content (AvgIpc) is 2.49. The molecule has 0 spiro atoms. The van der Waals surface area contributed by atoms with Crippen molar-refractivity contribution >= 4 is 58.0 Å². The van der Waals surface area contributed by atoms with Crippen molar-refractivity contribution in [1.29, 1.82) is 0 Å². The first-order chi connectivity index (χ1) is 11.3. The molecule has 1 aromatic heterocycles. The predicted octanol–water partition coefficient (Wildman–Crippen LogP) is 8.05. The minimum atomic E-state index is -5.39. The number of nitrogens with zero attached hydrogens (tertiary/aromatic N) is 1. The normalized spacial score (nSPS) is 12.6. The van der Waals surface area contributed by atoms with Crippen LogP contribution in [-0.4, -0.2) is 4.98 Å². The summed E-state index contributed by atoms with van der Waals surface area (Å²) in [5, 5.41) is -2.45. The topological polar surface area (TPSA) is 12.9 Å². The molecule has 0 amide bonds. The van der Waals surface area contributed by atoms with Gasteiger partial charge in [0.15, 0.2) is 0 Å². The Balaban J connectivity index is 3.01. The minimum absolute atomic E-state index is 0.0489. The molecule has 0 aliphatic rings. The lowest BCUT2D eigenvalue weighted by Gasteiger charge is -2.20. The third-order valence-corrected chi connectivity index (χ3v) is 5.29. The average molecular weight is 463 g/mol. The number of rotatable bonds is 1. The van der Waals surface area contributed by atoms with E-state index in [1.165, 1.54) is 0 Å². The Hall–Kier alpha value is -0.600. The highest BCUT2D eigenvalue weighted by atomic mass is 35.5. The van der Waals surface area contributed by atoms with Gasteiger partial charge in [0.05, 0.1) is 36.2 Å². The van der Waals surface area contributed by atoms with Gasteiger partial charge in [-0.2, -0.15) is 26.3 Å². The van der Waals surface area contributed by atoms with Gasteiger partial charge >= 0.3 is 12.4 Å². The second-order valence-electron chi connectivity index (χ2n) is 4.55. The second-order valence-corrected chi connectivity index (χ2v) is 6.44. The summed E-state index contributed by atoms with van der Waals surface area (Å²) in [6, 6.07) is 0. The fraction of sp³-hybridized carbons (Fsp3) is 0.154. The van der Waals surface area contributed by atoms with Gasteiger partial charge in [-0.3, -0.25) is 4.98 Å². The van der Waals surface area contributed by atoms with E-state index in [4.69, 9.17) is 58.0 Å². The summed E-state index contributed by atoms with van der Waals surface area (Å²) in [6.45, 7) is 0. The maximum atomic E-state index is 13.4. The Morgan fingerprint density at radius 1 is 0.640 bits per heavy atom. The third kappa shape index (κ3) is 3.76. The monoisotopic (exact) mass is 461 g/mol. The highest BCUT2D eigenvalue weighted by Gasteiger charge is 2.46. The van der Waals surface area contributed by atoms with Crippen LogP contribution in [0.15, 0.2) is 12.4 Å². The quantitative estimate of drug-likeness (QED) is 0.237. The smallest absolute Gasteiger partial charge is 0.263 e. The molecule has 2 aromatic rings. The molecule has 0 saturated carbocycles. The summed E-state index contributed by atoms with van der Waals surface area (Å²) >= 11 is 29.0. The van der Waals surface area contributed by atoms with E-state index in [2.05, 4.69) is 4.98 Å². The molecular weight excluding hydrogens is 461 g/mol. The largest absolute Gasteiger partial charge is 0.418 e. The van der Waals surface area contributed by atoms with Gasteiger partial charge in [0.1, 0.15) is 0 Å². The van der Waals surface area contributed by atoms with Crippen LogP contribution in [0.1, 0.15) is 11.1 Å². The first-order valence-electron chi connectivity index (χ1n) is 5.92. The van der Waals surface area contributed by atoms with E-state index in [0.717, 1.165) is 0 Å². The van der Waals surface area contributed by atoms with Crippen molar-refractivity contribution in [3.8, 4) is 11.1 Å². The Kier molecular flexibility index (Phi) is 5.67. The maximum Gasteiger partial charge on any atom is 0.418 e. The zero-order chi connectivity index (χ0) is 19.3. The SMILES string of the molecule is FC(F)(F)c1cncc(-c2c(Cl)c(Cl)c(Cl)c(Cl)c2Cl)c1C(F)(F)F. The van der Waals surface area contributed by atoms with Crippen LogP contribution in [0.5, 0.6) is 0 Å². The summed E-state index contributed by atoms with van der Waals surface area (Å²) in [6.07, 6.45) is -10.1. The van der Waals surface area contributed by atoms with E-state index >= 15 is 0 Å². The van der Waals surface area contributed by atoms with E-state index in [1.54, 1.807) is 0 Å². The van der Waals surface area contributed by atoms with Crippen molar-refractivity contribution in [2.75, 3.05) is 0 Å². The van der Waals surface area contributed by atoms with Crippen molar-refractivity contribution in [2.24, 2.45) is 0 Å². The summed E-state index contributed by atoms with van der Waals surface area (Å²) in [5.41, 5.74) is -5.72. The number of hydrogen-bond donors (Lipinski definition) is 0. The lowest BCUT2D eigenvalue weighted by atomic mass is 9.97. The lowest BCUT2D eigenvalue weighted by Crippen LogP contribution is -2.18. The van der Waals surface area contributed by atoms with Crippen LogP contribution in [-0.2, 0) is 12.4 Å². The molecule has 1 nitrogen and oxygen atoms in total. The van der Waals surface area contributed by atoms with Gasteiger partial charge in [0.25, 0.3) is 0 Å². The van der Waals surface area contributed by atoms with Crippen LogP contribution < -0.4 is 0 Å². The Morgan fingerprint density at radius 3 is 1.48 bits per heavy atom. The van der Waals surface area contributed by atoms with Crippen LogP contribution in [0.2, 0.25) is 25.1 Å². The zero-order valence-electron chi connectivity index (χ0n) is 11.3. The fourth-order valence-electron chi connectivity index (χ4n) is 2.01. The molecule has 1 aromatic carbocycles. The van der Waals surface area contributed by atoms with Crippen molar-refractivity contribution in [3.05, 3.63) is 48.6 Å². The number of pyridine rings is 1. The number of hydrogen-bond acceptors (Lipinski definition) is 1. The molecule has 0 aliphatic carbocycles. The van der Waals surface area contributed by atoms with E-state index in [0.29, 0.717) is 6.20 Å². The number of alkyl halides is 6. The van der Waals surface area contributed by atoms with Gasteiger partial charge in [-0.25, -0.2) is 0 Å². The van der Waals surface area contributed by atoms with Gasteiger partial charge in [-0.15, -0.1) is 0 Å². The maximum absolute atomic E-state index is 13.4. The molecule has 12 heteroatoms. The van der Waals surface area contributed by atoms with Gasteiger partial charge in [0.2, 0.25) is 0 Å². The second kappa shape index (κ2) is 6.85. The fourth-order valence-corrected chi connectivity index (χ4v) is 3.35. The third-order valence-electron chi connectivity index (χ3n) is 3.01. The standard InChI is InChI=1S/C13H2Cl5F6N/c14-7-5(8(15)10(17)11(18)9(7)16)3-1-25-2-4(12(19,20)21)6(3)13(22,23)24/h1-2H. The summed E-state index contributed by atoms with van der Waals surface area (Å²) < 4.78 is 79.1. The van der Waals surface area contributed by atoms with Crippen LogP contribution in [0.3, 0.4) is 0 Å². The molecular formula is C13H2Cl5F6N. The van der Waals surface area contributed by atoms with Crippen LogP contribution in [0, 0.1) is 0 Å². The molecule has 0 fully saturated rings. The van der Waals surface area contributed by atoms with Crippen LogP contribution >= 0.6 is 58.0 Å². The van der Waals surface area contributed by atoms with Crippen molar-refractivity contribution < 1.29 is 26.3 Å². The van der Waals surface area contributed by atoms with Gasteiger partial charge < -0.3 is 0 Å². The van der Waals surface area contributed by atoms with Gasteiger partial charge in [-0.05, 0) is 0 Å². The molecule has 0 atom stereocenters. The summed E-state index contributed by atoms with van der Waals surface area (Å²) in [7, 11) is 0. The lowest BCUT2D eigenvalue weighted by molar-refractivity contribution is -0.161. The van der Waals surface area contributed by atoms with E-state index in [-0.39, 0.29) is 11.2 Å². The molecule has 0 saturated heterocycles. The van der Waals surface area contributed by atoms with Crippen LogP contribution in [0.25, 0.3) is 11.1 Å². The Morgan fingerprint density at radius 2 is 1.08 bits per heavy atom. The van der Waals surface area contributed by atoms with Crippen LogP contribution in [0.4, 0.5) is 26.3 Å². The van der Waals surface area contributed by atoms with E-state index < -0.39 is 54.7 Å². The highest BCUT2D eigenvalue weighted by Crippen LogP contribution is 2.52. The van der Waals surface area contributed by atoms with Crippen molar-refractivity contribution in [1.82, 2.24) is 4.98 Å². The Labute approximate surface area is 161 Å². The summed E-state index contributed by atoms with van der Waals surface area (Å²) in [5.74, 6) is 0. The first kappa shape index (κ1) is 20.7. The van der Waals surface area contributed by atoms with E-state index in [9.17, 15) is 26.3 Å². The number of benzene rings is 1. The molecule has 0 radical (unpaired) electrons. The highest BCUT2D eigenvalue weighted by molar-refractivity contribution is 6.56. The molecule has 2 rings (SSSR count). The predicted molar refractivity (Wildman–Crippen MR) is 84.7 cm³/mol. The van der Waals surface area contributed by atoms with Crippen molar-refractivity contribution in [2.45, 2.75) is 12.4 Å². The number of halogens is 11. The van der Waals surface area contributed by atoms with Gasteiger partial charge in [-0.1, -0.05) is 58.0 Å². The first-order valence-corrected chi connectivity index (χ1v) is 7.81. The molecule has 0 aliphatic heterocycles. The van der Waals surface area contributed by atoms with E-state index in [1.807, 2.05) is 0 Å². The molecule has 25 heavy (non-hydrogen) atoms. The van der Waals surface area contributed by atoms with Crippen molar-refractivity contribution in [3.63, 3.8) is 0 Å². The Bertz CT molecular complexity index is 817. The summed E-state index contributed by atoms with van der Waals surface area (Å²) in [4.78, 5) is 3.21. The van der Waals surface area contributed by atoms with Gasteiger partial charge in [0, 0.05) is 23.5 Å². The minimum Gasteiger partial charge on any atom is -0.263 e. The molecule has 0 unspecified atom stereocenters. The molecule has 1 heterocycles. The zero-order valence-corrected chi connectivity index (χ0v) is 15.0. The molecule has 0 bridgehead atoms. The molecule has 0 N–H and O–H groups in total. The molecule has 136 valence electrons. The number of aromatic nitrogens is 1.